The van der Waals surface area contributed by atoms with Gasteiger partial charge in [-0.05, 0) is 19.1 Å². The van der Waals surface area contributed by atoms with Gasteiger partial charge in [-0.2, -0.15) is 0 Å². The Morgan fingerprint density at radius 3 is 2.67 bits per heavy atom. The maximum atomic E-state index is 11.3. The third-order valence-corrected chi connectivity index (χ3v) is 1.98. The average molecular weight is 208 g/mol. The number of aromatic nitrogens is 1. The summed E-state index contributed by atoms with van der Waals surface area (Å²) in [6.07, 6.45) is 1.39. The molecule has 0 aromatic carbocycles. The molecule has 5 heteroatoms. The molecule has 5 nitrogen and oxygen atoms in total. The normalized spacial score (nSPS) is 9.73. The Morgan fingerprint density at radius 2 is 2.20 bits per heavy atom. The zero-order valence-corrected chi connectivity index (χ0v) is 8.60. The Hall–Kier alpha value is -1.91. The molecule has 1 N–H and O–H groups in total. The molecule has 1 amide bonds. The number of nitrogens with zero attached hydrogens (tertiary/aromatic N) is 2. The number of pyridine rings is 1. The van der Waals surface area contributed by atoms with Crippen LogP contribution in [0.4, 0.5) is 5.69 Å². The van der Waals surface area contributed by atoms with Gasteiger partial charge in [0.2, 0.25) is 5.91 Å². The summed E-state index contributed by atoms with van der Waals surface area (Å²) in [5, 5.41) is 8.89. The molecular formula is C10H12N2O3. The molecule has 0 aliphatic heterocycles. The third kappa shape index (κ3) is 2.31. The summed E-state index contributed by atoms with van der Waals surface area (Å²) in [7, 11) is 0. The van der Waals surface area contributed by atoms with Crippen LogP contribution in [-0.2, 0) is 4.79 Å². The van der Waals surface area contributed by atoms with Gasteiger partial charge in [-0.3, -0.25) is 4.79 Å². The number of anilines is 1. The standard InChI is InChI=1S/C10H12N2O3/c1-3-12(7(2)13)8-5-4-6-11-9(8)10(14)15/h4-6H,3H2,1-2H3,(H,14,15). The van der Waals surface area contributed by atoms with E-state index in [-0.39, 0.29) is 11.6 Å². The van der Waals surface area contributed by atoms with E-state index < -0.39 is 5.97 Å². The molecule has 0 aliphatic carbocycles. The SMILES string of the molecule is CCN(C(C)=O)c1cccnc1C(=O)O. The summed E-state index contributed by atoms with van der Waals surface area (Å²) in [6.45, 7) is 3.59. The molecule has 0 fully saturated rings. The first-order valence-corrected chi connectivity index (χ1v) is 4.54. The average Bonchev–Trinajstić information content (AvgIpc) is 2.18. The van der Waals surface area contributed by atoms with Crippen LogP contribution < -0.4 is 4.90 Å². The lowest BCUT2D eigenvalue weighted by Gasteiger charge is -2.19. The van der Waals surface area contributed by atoms with Gasteiger partial charge in [0.05, 0.1) is 5.69 Å². The largest absolute Gasteiger partial charge is 0.476 e. The summed E-state index contributed by atoms with van der Waals surface area (Å²) in [4.78, 5) is 27.2. The van der Waals surface area contributed by atoms with E-state index >= 15 is 0 Å². The van der Waals surface area contributed by atoms with Gasteiger partial charge >= 0.3 is 5.97 Å². The van der Waals surface area contributed by atoms with Crippen LogP contribution in [0.5, 0.6) is 0 Å². The summed E-state index contributed by atoms with van der Waals surface area (Å²) in [5.74, 6) is -1.33. The molecule has 1 aromatic rings. The predicted molar refractivity (Wildman–Crippen MR) is 54.9 cm³/mol. The van der Waals surface area contributed by atoms with Crippen molar-refractivity contribution in [1.29, 1.82) is 0 Å². The van der Waals surface area contributed by atoms with Gasteiger partial charge in [-0.1, -0.05) is 0 Å². The van der Waals surface area contributed by atoms with Crippen LogP contribution in [0.25, 0.3) is 0 Å². The van der Waals surface area contributed by atoms with Crippen molar-refractivity contribution in [3.63, 3.8) is 0 Å². The Balaban J connectivity index is 3.22. The van der Waals surface area contributed by atoms with Crippen molar-refractivity contribution in [2.45, 2.75) is 13.8 Å². The lowest BCUT2D eigenvalue weighted by Crippen LogP contribution is -2.29. The van der Waals surface area contributed by atoms with E-state index in [1.807, 2.05) is 0 Å². The fourth-order valence-corrected chi connectivity index (χ4v) is 1.34. The van der Waals surface area contributed by atoms with E-state index in [4.69, 9.17) is 5.11 Å². The minimum Gasteiger partial charge on any atom is -0.476 e. The van der Waals surface area contributed by atoms with Gasteiger partial charge in [0.15, 0.2) is 5.69 Å². The maximum Gasteiger partial charge on any atom is 0.356 e. The number of amides is 1. The zero-order valence-electron chi connectivity index (χ0n) is 8.60. The van der Waals surface area contributed by atoms with Gasteiger partial charge < -0.3 is 10.0 Å². The molecule has 0 saturated heterocycles. The number of hydrogen-bond donors (Lipinski definition) is 1. The van der Waals surface area contributed by atoms with Crippen molar-refractivity contribution in [3.8, 4) is 0 Å². The summed E-state index contributed by atoms with van der Waals surface area (Å²) >= 11 is 0. The predicted octanol–water partition coefficient (Wildman–Crippen LogP) is 1.15. The van der Waals surface area contributed by atoms with E-state index in [9.17, 15) is 9.59 Å². The van der Waals surface area contributed by atoms with E-state index in [2.05, 4.69) is 4.98 Å². The van der Waals surface area contributed by atoms with Crippen LogP contribution in [0.15, 0.2) is 18.3 Å². The number of aromatic carboxylic acids is 1. The molecule has 0 aliphatic rings. The van der Waals surface area contributed by atoms with Crippen LogP contribution in [-0.4, -0.2) is 28.5 Å². The minimum absolute atomic E-state index is 0.102. The van der Waals surface area contributed by atoms with Crippen molar-refractivity contribution < 1.29 is 14.7 Å². The fraction of sp³-hybridized carbons (Fsp3) is 0.300. The van der Waals surface area contributed by atoms with E-state index in [0.29, 0.717) is 12.2 Å². The van der Waals surface area contributed by atoms with E-state index in [1.165, 1.54) is 18.0 Å². The highest BCUT2D eigenvalue weighted by Gasteiger charge is 2.18. The topological polar surface area (TPSA) is 70.5 Å². The molecule has 0 unspecified atom stereocenters. The Labute approximate surface area is 87.4 Å². The Kier molecular flexibility index (Phi) is 3.38. The van der Waals surface area contributed by atoms with Gasteiger partial charge in [0, 0.05) is 19.7 Å². The van der Waals surface area contributed by atoms with Crippen molar-refractivity contribution in [3.05, 3.63) is 24.0 Å². The second-order valence-corrected chi connectivity index (χ2v) is 2.94. The molecule has 1 heterocycles. The summed E-state index contributed by atoms with van der Waals surface area (Å²) < 4.78 is 0. The first-order chi connectivity index (χ1) is 7.07. The van der Waals surface area contributed by atoms with E-state index in [0.717, 1.165) is 0 Å². The third-order valence-electron chi connectivity index (χ3n) is 1.98. The van der Waals surface area contributed by atoms with Crippen molar-refractivity contribution in [2.24, 2.45) is 0 Å². The molecule has 0 saturated carbocycles. The molecule has 0 radical (unpaired) electrons. The first kappa shape index (κ1) is 11.2. The number of carboxylic acids is 1. The molecule has 80 valence electrons. The Bertz CT molecular complexity index is 390. The van der Waals surface area contributed by atoms with Crippen LogP contribution in [0, 0.1) is 0 Å². The highest BCUT2D eigenvalue weighted by molar-refractivity contribution is 5.99. The van der Waals surface area contributed by atoms with Crippen LogP contribution in [0.1, 0.15) is 24.3 Å². The zero-order chi connectivity index (χ0) is 11.4. The van der Waals surface area contributed by atoms with Crippen molar-refractivity contribution in [2.75, 3.05) is 11.4 Å². The molecular weight excluding hydrogens is 196 g/mol. The number of carbonyl (C=O) groups excluding carboxylic acids is 1. The highest BCUT2D eigenvalue weighted by Crippen LogP contribution is 2.17. The summed E-state index contributed by atoms with van der Waals surface area (Å²) in [6, 6.07) is 3.18. The maximum absolute atomic E-state index is 11.3. The number of carbonyl (C=O) groups is 2. The van der Waals surface area contributed by atoms with Gasteiger partial charge in [0.25, 0.3) is 0 Å². The second kappa shape index (κ2) is 4.54. The van der Waals surface area contributed by atoms with Crippen LogP contribution in [0.2, 0.25) is 0 Å². The smallest absolute Gasteiger partial charge is 0.356 e. The summed E-state index contributed by atoms with van der Waals surface area (Å²) in [5.41, 5.74) is 0.231. The van der Waals surface area contributed by atoms with Crippen LogP contribution in [0.3, 0.4) is 0 Å². The van der Waals surface area contributed by atoms with Crippen LogP contribution >= 0.6 is 0 Å². The Morgan fingerprint density at radius 1 is 1.53 bits per heavy atom. The minimum atomic E-state index is -1.13. The highest BCUT2D eigenvalue weighted by atomic mass is 16.4. The van der Waals surface area contributed by atoms with Gasteiger partial charge in [-0.15, -0.1) is 0 Å². The van der Waals surface area contributed by atoms with Crippen molar-refractivity contribution in [1.82, 2.24) is 4.98 Å². The second-order valence-electron chi connectivity index (χ2n) is 2.94. The first-order valence-electron chi connectivity index (χ1n) is 4.54. The number of hydrogen-bond acceptors (Lipinski definition) is 3. The number of rotatable bonds is 3. The number of carboxylic acid groups (broad SMARTS) is 1. The molecule has 1 rings (SSSR count). The molecule has 0 bridgehead atoms. The quantitative estimate of drug-likeness (QED) is 0.808. The molecule has 0 spiro atoms. The monoisotopic (exact) mass is 208 g/mol. The van der Waals surface area contributed by atoms with Gasteiger partial charge in [-0.25, -0.2) is 9.78 Å². The molecule has 15 heavy (non-hydrogen) atoms. The molecule has 1 aromatic heterocycles. The lowest BCUT2D eigenvalue weighted by atomic mass is 10.2. The van der Waals surface area contributed by atoms with E-state index in [1.54, 1.807) is 19.1 Å². The lowest BCUT2D eigenvalue weighted by molar-refractivity contribution is -0.116. The van der Waals surface area contributed by atoms with Crippen molar-refractivity contribution >= 4 is 17.6 Å². The fourth-order valence-electron chi connectivity index (χ4n) is 1.34. The van der Waals surface area contributed by atoms with Gasteiger partial charge in [0.1, 0.15) is 0 Å². The molecule has 0 atom stereocenters.